The van der Waals surface area contributed by atoms with Gasteiger partial charge in [-0.3, -0.25) is 0 Å². The van der Waals surface area contributed by atoms with Crippen molar-refractivity contribution in [2.45, 2.75) is 34.5 Å². The topological polar surface area (TPSA) is 51.6 Å². The highest BCUT2D eigenvalue weighted by molar-refractivity contribution is 7.99. The van der Waals surface area contributed by atoms with Gasteiger partial charge in [-0.1, -0.05) is 177 Å². The van der Waals surface area contributed by atoms with Gasteiger partial charge in [-0.2, -0.15) is 0 Å². The molecule has 7 aromatic carbocycles. The summed E-state index contributed by atoms with van der Waals surface area (Å²) in [5, 5.41) is 0. The van der Waals surface area contributed by atoms with Crippen molar-refractivity contribution >= 4 is 23.9 Å². The zero-order chi connectivity index (χ0) is 40.7. The van der Waals surface area contributed by atoms with Crippen LogP contribution in [0.2, 0.25) is 0 Å². The Bertz CT molecular complexity index is 3250. The highest BCUT2D eigenvalue weighted by Crippen LogP contribution is 2.61. The Morgan fingerprint density at radius 2 is 1.00 bits per heavy atom. The number of hydrogen-bond donors (Lipinski definition) is 0. The molecule has 0 saturated carbocycles. The molecule has 288 valence electrons. The second-order valence-corrected chi connectivity index (χ2v) is 17.7. The van der Waals surface area contributed by atoms with Crippen LogP contribution in [0.25, 0.3) is 68.6 Å². The summed E-state index contributed by atoms with van der Waals surface area (Å²) in [5.74, 6) is 1.33. The Labute approximate surface area is 359 Å². The third kappa shape index (κ3) is 5.47. The second-order valence-electron chi connectivity index (χ2n) is 16.6. The summed E-state index contributed by atoms with van der Waals surface area (Å²) in [4.78, 5) is 22.6. The molecule has 0 amide bonds. The quantitative estimate of drug-likeness (QED) is 0.177. The molecule has 4 nitrogen and oxygen atoms in total. The van der Waals surface area contributed by atoms with Crippen molar-refractivity contribution in [1.82, 2.24) is 19.9 Å². The monoisotopic (exact) mass is 798 g/mol. The van der Waals surface area contributed by atoms with E-state index in [-0.39, 0.29) is 5.41 Å². The summed E-state index contributed by atoms with van der Waals surface area (Å²) in [5.41, 5.74) is 17.5. The van der Waals surface area contributed by atoms with E-state index < -0.39 is 5.41 Å². The highest BCUT2D eigenvalue weighted by atomic mass is 32.2. The van der Waals surface area contributed by atoms with Gasteiger partial charge in [-0.05, 0) is 86.0 Å². The van der Waals surface area contributed by atoms with E-state index in [4.69, 9.17) is 19.9 Å². The first-order chi connectivity index (χ1) is 30.0. The molecule has 5 heteroatoms. The minimum atomic E-state index is -0.640. The van der Waals surface area contributed by atoms with E-state index in [1.54, 1.807) is 0 Å². The van der Waals surface area contributed by atoms with Crippen molar-refractivity contribution in [1.29, 1.82) is 0 Å². The molecule has 1 spiro atoms. The average Bonchev–Trinajstić information content (AvgIpc) is 3.44. The molecule has 61 heavy (non-hydrogen) atoms. The predicted molar refractivity (Wildman–Crippen MR) is 248 cm³/mol. The normalized spacial score (nSPS) is 16.1. The Balaban J connectivity index is 1.12. The number of rotatable bonds is 4. The lowest BCUT2D eigenvalue weighted by molar-refractivity contribution is 0.653. The van der Waals surface area contributed by atoms with E-state index in [0.717, 1.165) is 33.6 Å². The maximum atomic E-state index is 5.32. The minimum Gasteiger partial charge on any atom is -0.236 e. The maximum absolute atomic E-state index is 5.32. The van der Waals surface area contributed by atoms with Gasteiger partial charge in [0.1, 0.15) is 0 Å². The molecule has 2 aliphatic carbocycles. The number of aromatic nitrogens is 4. The molecule has 12 rings (SSSR count). The van der Waals surface area contributed by atoms with Crippen LogP contribution in [0.5, 0.6) is 0 Å². The van der Waals surface area contributed by atoms with Gasteiger partial charge >= 0.3 is 0 Å². The van der Waals surface area contributed by atoms with Crippen LogP contribution < -0.4 is 0 Å². The Kier molecular flexibility index (Phi) is 8.00. The van der Waals surface area contributed by atoms with Crippen LogP contribution in [0, 0.1) is 0 Å². The molecule has 1 atom stereocenters. The van der Waals surface area contributed by atoms with E-state index in [9.17, 15) is 0 Å². The summed E-state index contributed by atoms with van der Waals surface area (Å²) < 4.78 is 0. The van der Waals surface area contributed by atoms with E-state index in [1.165, 1.54) is 65.4 Å². The summed E-state index contributed by atoms with van der Waals surface area (Å²) in [6, 6.07) is 61.3. The Morgan fingerprint density at radius 3 is 1.75 bits per heavy atom. The Morgan fingerprint density at radius 1 is 0.393 bits per heavy atom. The summed E-state index contributed by atoms with van der Waals surface area (Å²) in [6.07, 6.45) is 8.34. The van der Waals surface area contributed by atoms with E-state index >= 15 is 0 Å². The van der Waals surface area contributed by atoms with Crippen LogP contribution in [0.4, 0.5) is 0 Å². The van der Waals surface area contributed by atoms with Gasteiger partial charge in [-0.15, -0.1) is 0 Å². The molecule has 0 radical (unpaired) electrons. The lowest BCUT2D eigenvalue weighted by Crippen LogP contribution is -2.35. The van der Waals surface area contributed by atoms with Crippen molar-refractivity contribution in [2.24, 2.45) is 0 Å². The van der Waals surface area contributed by atoms with E-state index in [0.29, 0.717) is 11.6 Å². The summed E-state index contributed by atoms with van der Waals surface area (Å²) in [6.45, 7) is 4.74. The zero-order valence-corrected chi connectivity index (χ0v) is 34.5. The van der Waals surface area contributed by atoms with Crippen LogP contribution in [-0.2, 0) is 10.8 Å². The maximum Gasteiger partial charge on any atom is 0.160 e. The lowest BCUT2D eigenvalue weighted by Gasteiger charge is -2.43. The van der Waals surface area contributed by atoms with Crippen molar-refractivity contribution in [2.75, 3.05) is 0 Å². The lowest BCUT2D eigenvalue weighted by atomic mass is 9.62. The summed E-state index contributed by atoms with van der Waals surface area (Å²) in [7, 11) is 0. The van der Waals surface area contributed by atoms with Crippen molar-refractivity contribution in [3.63, 3.8) is 0 Å². The Hall–Kier alpha value is -7.21. The molecule has 0 N–H and O–H groups in total. The van der Waals surface area contributed by atoms with E-state index in [2.05, 4.69) is 147 Å². The molecule has 9 aromatic rings. The highest BCUT2D eigenvalue weighted by Gasteiger charge is 2.49. The second kappa shape index (κ2) is 13.7. The van der Waals surface area contributed by atoms with Gasteiger partial charge in [0.05, 0.1) is 16.8 Å². The average molecular weight is 799 g/mol. The van der Waals surface area contributed by atoms with Crippen LogP contribution in [-0.4, -0.2) is 19.9 Å². The standard InChI is InChI=1S/C56H38N4S/c1-55(2)44-22-12-10-20-41(44)42-30-48-52(31-47(42)55)61-51-24-14-13-23-45(51)56(48)43-21-11-9-15-35(43)25-26-36-27-28-39(29-46(36)56)49-32-50(60-54(59-49)38-18-7-4-8-19-38)40-33-57-53(58-34-40)37-16-5-3-6-17-37/h3-34H,1-2H3. The molecule has 0 bridgehead atoms. The first-order valence-corrected chi connectivity index (χ1v) is 21.6. The molecule has 0 saturated heterocycles. The molecule has 0 fully saturated rings. The smallest absolute Gasteiger partial charge is 0.160 e. The first-order valence-electron chi connectivity index (χ1n) is 20.8. The van der Waals surface area contributed by atoms with Crippen molar-refractivity contribution in [3.8, 4) is 56.4 Å². The van der Waals surface area contributed by atoms with Crippen LogP contribution in [0.3, 0.4) is 0 Å². The largest absolute Gasteiger partial charge is 0.236 e. The molecule has 2 aromatic heterocycles. The number of benzene rings is 7. The van der Waals surface area contributed by atoms with Gasteiger partial charge in [0.15, 0.2) is 11.6 Å². The molecule has 1 unspecified atom stereocenters. The van der Waals surface area contributed by atoms with Crippen molar-refractivity contribution in [3.05, 3.63) is 227 Å². The van der Waals surface area contributed by atoms with Gasteiger partial charge in [0.25, 0.3) is 0 Å². The third-order valence-corrected chi connectivity index (χ3v) is 14.0. The fourth-order valence-electron chi connectivity index (χ4n) is 9.96. The summed E-state index contributed by atoms with van der Waals surface area (Å²) >= 11 is 1.90. The number of nitrogens with zero attached hydrogens (tertiary/aromatic N) is 4. The van der Waals surface area contributed by atoms with Gasteiger partial charge in [0, 0.05) is 49.9 Å². The number of fused-ring (bicyclic) bond motifs is 11. The van der Waals surface area contributed by atoms with Gasteiger partial charge in [-0.25, -0.2) is 19.9 Å². The molecular weight excluding hydrogens is 761 g/mol. The fraction of sp³-hybridized carbons (Fsp3) is 0.0714. The van der Waals surface area contributed by atoms with Gasteiger partial charge < -0.3 is 0 Å². The SMILES string of the molecule is CC1(C)c2ccccc2-c2cc3c(cc21)Sc1ccccc1C31c2ccccc2C=Cc2ccc(-c3cc(-c4cnc(-c5ccccc5)nc4)nc(-c4ccccc4)n3)cc21. The minimum absolute atomic E-state index is 0.117. The molecule has 3 heterocycles. The number of hydrogen-bond acceptors (Lipinski definition) is 5. The van der Waals surface area contributed by atoms with Crippen molar-refractivity contribution < 1.29 is 0 Å². The first kappa shape index (κ1) is 35.7. The molecule has 3 aliphatic rings. The van der Waals surface area contributed by atoms with E-state index in [1.807, 2.05) is 72.7 Å². The predicted octanol–water partition coefficient (Wildman–Crippen LogP) is 13.6. The third-order valence-electron chi connectivity index (χ3n) is 12.9. The fourth-order valence-corrected chi connectivity index (χ4v) is 11.2. The van der Waals surface area contributed by atoms with Crippen LogP contribution in [0.15, 0.2) is 192 Å². The molecular formula is C56H38N4S. The molecule has 1 aliphatic heterocycles. The van der Waals surface area contributed by atoms with Crippen LogP contribution in [0.1, 0.15) is 58.4 Å². The zero-order valence-electron chi connectivity index (χ0n) is 33.7. The van der Waals surface area contributed by atoms with Gasteiger partial charge in [0.2, 0.25) is 0 Å². The van der Waals surface area contributed by atoms with Crippen LogP contribution >= 0.6 is 11.8 Å².